The Kier molecular flexibility index (Phi) is 4.61. The number of rotatable bonds is 4. The number of nitrogens with zero attached hydrogens (tertiary/aromatic N) is 4. The van der Waals surface area contributed by atoms with Crippen LogP contribution in [0.5, 0.6) is 5.88 Å². The molecule has 0 atom stereocenters. The summed E-state index contributed by atoms with van der Waals surface area (Å²) in [6, 6.07) is 9.97. The van der Waals surface area contributed by atoms with Crippen LogP contribution in [0.3, 0.4) is 0 Å². The Balaban J connectivity index is 1.53. The highest BCUT2D eigenvalue weighted by Gasteiger charge is 2.20. The van der Waals surface area contributed by atoms with E-state index < -0.39 is 0 Å². The topological polar surface area (TPSA) is 87.2 Å². The first-order valence-electron chi connectivity index (χ1n) is 9.89. The number of pyridine rings is 1. The molecule has 7 heteroatoms. The molecule has 3 aromatic heterocycles. The molecule has 1 aliphatic heterocycles. The molecule has 0 radical (unpaired) electrons. The number of aromatic amines is 1. The number of ether oxygens (including phenoxy) is 1. The van der Waals surface area contributed by atoms with E-state index in [1.54, 1.807) is 6.33 Å². The molecule has 0 aliphatic carbocycles. The van der Waals surface area contributed by atoms with Crippen molar-refractivity contribution in [2.24, 2.45) is 0 Å². The molecule has 1 saturated heterocycles. The van der Waals surface area contributed by atoms with Gasteiger partial charge in [-0.15, -0.1) is 0 Å². The molecule has 0 saturated carbocycles. The van der Waals surface area contributed by atoms with E-state index in [-0.39, 0.29) is 12.7 Å². The molecule has 1 fully saturated rings. The number of hydrogen-bond donors (Lipinski definition) is 2. The van der Waals surface area contributed by atoms with Gasteiger partial charge in [-0.05, 0) is 49.7 Å². The summed E-state index contributed by atoms with van der Waals surface area (Å²) in [4.78, 5) is 18.8. The van der Waals surface area contributed by atoms with Crippen molar-refractivity contribution in [3.63, 3.8) is 0 Å². The third kappa shape index (κ3) is 3.43. The SMILES string of the molecule is CN1CCC(Oc2ncnc3ccc(-c4c[nH]c5nc(CO)ccc45)cc23)CC1. The molecular weight excluding hydrogens is 366 g/mol. The average Bonchev–Trinajstić information content (AvgIpc) is 3.18. The lowest BCUT2D eigenvalue weighted by molar-refractivity contribution is 0.111. The van der Waals surface area contributed by atoms with E-state index in [0.717, 1.165) is 59.0 Å². The van der Waals surface area contributed by atoms with E-state index in [9.17, 15) is 5.11 Å². The standard InChI is InChI=1S/C22H23N5O2/c1-27-8-6-16(7-9-27)29-22-18-10-14(2-5-20(18)24-13-25-22)19-11-23-21-17(19)4-3-15(12-28)26-21/h2-5,10-11,13,16,28H,6-9,12H2,1H3,(H,23,26). The molecule has 1 aliphatic rings. The van der Waals surface area contributed by atoms with Crippen LogP contribution in [0.15, 0.2) is 42.9 Å². The molecule has 0 bridgehead atoms. The number of piperidine rings is 1. The number of hydrogen-bond acceptors (Lipinski definition) is 6. The van der Waals surface area contributed by atoms with Gasteiger partial charge in [-0.1, -0.05) is 6.07 Å². The zero-order chi connectivity index (χ0) is 19.8. The lowest BCUT2D eigenvalue weighted by atomic mass is 10.0. The highest BCUT2D eigenvalue weighted by Crippen LogP contribution is 2.33. The molecule has 0 spiro atoms. The third-order valence-electron chi connectivity index (χ3n) is 5.61. The summed E-state index contributed by atoms with van der Waals surface area (Å²) in [5, 5.41) is 11.2. The first-order chi connectivity index (χ1) is 14.2. The second-order valence-corrected chi connectivity index (χ2v) is 7.59. The normalized spacial score (nSPS) is 15.9. The van der Waals surface area contributed by atoms with Crippen molar-refractivity contribution in [3.8, 4) is 17.0 Å². The van der Waals surface area contributed by atoms with Crippen molar-refractivity contribution in [1.82, 2.24) is 24.8 Å². The largest absolute Gasteiger partial charge is 0.474 e. The molecule has 29 heavy (non-hydrogen) atoms. The summed E-state index contributed by atoms with van der Waals surface area (Å²) in [5.74, 6) is 0.645. The minimum absolute atomic E-state index is 0.0741. The first kappa shape index (κ1) is 18.0. The number of benzene rings is 1. The van der Waals surface area contributed by atoms with Crippen molar-refractivity contribution in [2.75, 3.05) is 20.1 Å². The van der Waals surface area contributed by atoms with Crippen molar-refractivity contribution >= 4 is 21.9 Å². The number of aliphatic hydroxyl groups is 1. The van der Waals surface area contributed by atoms with E-state index >= 15 is 0 Å². The van der Waals surface area contributed by atoms with Gasteiger partial charge in [0, 0.05) is 30.2 Å². The smallest absolute Gasteiger partial charge is 0.224 e. The van der Waals surface area contributed by atoms with Gasteiger partial charge in [0.1, 0.15) is 18.1 Å². The minimum Gasteiger partial charge on any atom is -0.474 e. The van der Waals surface area contributed by atoms with Crippen LogP contribution >= 0.6 is 0 Å². The van der Waals surface area contributed by atoms with Crippen LogP contribution in [-0.2, 0) is 6.61 Å². The number of fused-ring (bicyclic) bond motifs is 2. The van der Waals surface area contributed by atoms with Gasteiger partial charge in [0.05, 0.1) is 23.2 Å². The van der Waals surface area contributed by atoms with Crippen LogP contribution in [0.4, 0.5) is 0 Å². The highest BCUT2D eigenvalue weighted by molar-refractivity contribution is 5.97. The maximum absolute atomic E-state index is 9.31. The number of aliphatic hydroxyl groups excluding tert-OH is 1. The molecular formula is C22H23N5O2. The van der Waals surface area contributed by atoms with Gasteiger partial charge in [0.2, 0.25) is 5.88 Å². The molecule has 0 unspecified atom stereocenters. The summed E-state index contributed by atoms with van der Waals surface area (Å²) < 4.78 is 6.28. The Hall–Kier alpha value is -3.03. The van der Waals surface area contributed by atoms with Crippen molar-refractivity contribution in [2.45, 2.75) is 25.6 Å². The first-order valence-corrected chi connectivity index (χ1v) is 9.89. The van der Waals surface area contributed by atoms with Crippen molar-refractivity contribution in [1.29, 1.82) is 0 Å². The van der Waals surface area contributed by atoms with E-state index in [1.165, 1.54) is 0 Å². The van der Waals surface area contributed by atoms with Crippen LogP contribution in [-0.4, -0.2) is 56.2 Å². The van der Waals surface area contributed by atoms with Gasteiger partial charge in [-0.3, -0.25) is 0 Å². The van der Waals surface area contributed by atoms with Gasteiger partial charge < -0.3 is 19.7 Å². The molecule has 2 N–H and O–H groups in total. The predicted molar refractivity (Wildman–Crippen MR) is 112 cm³/mol. The van der Waals surface area contributed by atoms with E-state index in [2.05, 4.69) is 44.0 Å². The zero-order valence-corrected chi connectivity index (χ0v) is 16.3. The van der Waals surface area contributed by atoms with Crippen LogP contribution in [0.25, 0.3) is 33.1 Å². The summed E-state index contributed by atoms with van der Waals surface area (Å²) in [7, 11) is 2.14. The maximum Gasteiger partial charge on any atom is 0.224 e. The Morgan fingerprint density at radius 1 is 1.14 bits per heavy atom. The van der Waals surface area contributed by atoms with Crippen molar-refractivity contribution < 1.29 is 9.84 Å². The molecule has 4 heterocycles. The molecule has 1 aromatic carbocycles. The van der Waals surface area contributed by atoms with Crippen molar-refractivity contribution in [3.05, 3.63) is 48.5 Å². The van der Waals surface area contributed by atoms with Gasteiger partial charge in [0.25, 0.3) is 0 Å². The molecule has 0 amide bonds. The lowest BCUT2D eigenvalue weighted by Gasteiger charge is -2.29. The predicted octanol–water partition coefficient (Wildman–Crippen LogP) is 3.14. The second-order valence-electron chi connectivity index (χ2n) is 7.59. The van der Waals surface area contributed by atoms with Crippen LogP contribution in [0.1, 0.15) is 18.5 Å². The quantitative estimate of drug-likeness (QED) is 0.558. The highest BCUT2D eigenvalue weighted by atomic mass is 16.5. The molecule has 5 rings (SSSR count). The van der Waals surface area contributed by atoms with Gasteiger partial charge in [0.15, 0.2) is 0 Å². The van der Waals surface area contributed by atoms with Crippen LogP contribution < -0.4 is 4.74 Å². The third-order valence-corrected chi connectivity index (χ3v) is 5.61. The summed E-state index contributed by atoms with van der Waals surface area (Å²) in [6.07, 6.45) is 5.70. The van der Waals surface area contributed by atoms with E-state index in [4.69, 9.17) is 4.74 Å². The van der Waals surface area contributed by atoms with Gasteiger partial charge in [-0.2, -0.15) is 0 Å². The Morgan fingerprint density at radius 3 is 2.83 bits per heavy atom. The number of likely N-dealkylation sites (tertiary alicyclic amines) is 1. The van der Waals surface area contributed by atoms with Crippen LogP contribution in [0.2, 0.25) is 0 Å². The molecule has 148 valence electrons. The van der Waals surface area contributed by atoms with Gasteiger partial charge >= 0.3 is 0 Å². The summed E-state index contributed by atoms with van der Waals surface area (Å²) in [5.41, 5.74) is 4.37. The van der Waals surface area contributed by atoms with Crippen LogP contribution in [0, 0.1) is 0 Å². The Morgan fingerprint density at radius 2 is 2.00 bits per heavy atom. The number of aromatic nitrogens is 4. The average molecular weight is 389 g/mol. The minimum atomic E-state index is -0.0741. The zero-order valence-electron chi connectivity index (χ0n) is 16.3. The fourth-order valence-electron chi connectivity index (χ4n) is 3.93. The fraction of sp³-hybridized carbons (Fsp3) is 0.318. The lowest BCUT2D eigenvalue weighted by Crippen LogP contribution is -2.35. The Bertz CT molecular complexity index is 1160. The molecule has 7 nitrogen and oxygen atoms in total. The van der Waals surface area contributed by atoms with E-state index in [1.807, 2.05) is 24.4 Å². The second kappa shape index (κ2) is 7.42. The Labute approximate surface area is 168 Å². The summed E-state index contributed by atoms with van der Waals surface area (Å²) >= 11 is 0. The number of H-pyrrole nitrogens is 1. The van der Waals surface area contributed by atoms with Gasteiger partial charge in [-0.25, -0.2) is 15.0 Å². The molecule has 4 aromatic rings. The fourth-order valence-corrected chi connectivity index (χ4v) is 3.93. The summed E-state index contributed by atoms with van der Waals surface area (Å²) in [6.45, 7) is 2.00. The number of nitrogens with one attached hydrogen (secondary N) is 1. The van der Waals surface area contributed by atoms with E-state index in [0.29, 0.717) is 11.6 Å². The monoisotopic (exact) mass is 389 g/mol. The maximum atomic E-state index is 9.31.